The largest absolute Gasteiger partial charge is 0.465 e. The van der Waals surface area contributed by atoms with E-state index in [0.717, 1.165) is 5.56 Å². The highest BCUT2D eigenvalue weighted by Gasteiger charge is 2.22. The molecule has 0 fully saturated rings. The van der Waals surface area contributed by atoms with Crippen molar-refractivity contribution < 1.29 is 13.7 Å². The van der Waals surface area contributed by atoms with Crippen molar-refractivity contribution in [3.63, 3.8) is 0 Å². The second-order valence-electron chi connectivity index (χ2n) is 4.31. The van der Waals surface area contributed by atoms with Gasteiger partial charge in [0.15, 0.2) is 0 Å². The first-order chi connectivity index (χ1) is 9.06. The third kappa shape index (κ3) is 5.12. The fourth-order valence-corrected chi connectivity index (χ4v) is 1.94. The van der Waals surface area contributed by atoms with E-state index in [0.29, 0.717) is 13.2 Å². The van der Waals surface area contributed by atoms with Crippen molar-refractivity contribution >= 4 is 16.8 Å². The first-order valence-electron chi connectivity index (χ1n) is 6.33. The van der Waals surface area contributed by atoms with E-state index in [1.807, 2.05) is 37.3 Å². The van der Waals surface area contributed by atoms with Gasteiger partial charge in [0.2, 0.25) is 0 Å². The molecule has 0 heterocycles. The maximum atomic E-state index is 12.0. The molecule has 0 radical (unpaired) electrons. The van der Waals surface area contributed by atoms with Gasteiger partial charge in [-0.25, -0.2) is 4.79 Å². The maximum absolute atomic E-state index is 12.0. The second-order valence-corrected chi connectivity index (χ2v) is 6.12. The summed E-state index contributed by atoms with van der Waals surface area (Å²) in [6, 6.07) is 8.90. The summed E-state index contributed by atoms with van der Waals surface area (Å²) in [5.41, 5.74) is 0.857. The molecule has 1 N–H and O–H groups in total. The summed E-state index contributed by atoms with van der Waals surface area (Å²) in [6.45, 7) is 4.51. The lowest BCUT2D eigenvalue weighted by Crippen LogP contribution is -2.36. The fraction of sp³-hybridized carbons (Fsp3) is 0.500. The molecule has 0 bridgehead atoms. The molecule has 19 heavy (non-hydrogen) atoms. The van der Waals surface area contributed by atoms with Gasteiger partial charge in [0.05, 0.1) is 6.61 Å². The van der Waals surface area contributed by atoms with Gasteiger partial charge >= 0.3 is 5.97 Å². The van der Waals surface area contributed by atoms with Gasteiger partial charge in [-0.1, -0.05) is 30.3 Å². The molecule has 0 spiro atoms. The Morgan fingerprint density at radius 1 is 1.37 bits per heavy atom. The van der Waals surface area contributed by atoms with Gasteiger partial charge in [0.25, 0.3) is 0 Å². The van der Waals surface area contributed by atoms with Crippen LogP contribution in [0.3, 0.4) is 0 Å². The third-order valence-corrected chi connectivity index (χ3v) is 4.13. The van der Waals surface area contributed by atoms with Gasteiger partial charge in [0.1, 0.15) is 6.04 Å². The Balaban J connectivity index is 2.76. The molecule has 0 aromatic heterocycles. The van der Waals surface area contributed by atoms with Gasteiger partial charge in [0, 0.05) is 28.9 Å². The van der Waals surface area contributed by atoms with E-state index in [-0.39, 0.29) is 11.2 Å². The molecule has 3 unspecified atom stereocenters. The van der Waals surface area contributed by atoms with Crippen LogP contribution in [0.25, 0.3) is 0 Å². The molecule has 3 atom stereocenters. The van der Waals surface area contributed by atoms with E-state index in [1.165, 1.54) is 0 Å². The van der Waals surface area contributed by atoms with E-state index in [1.54, 1.807) is 13.2 Å². The zero-order chi connectivity index (χ0) is 14.3. The molecule has 1 aromatic rings. The minimum Gasteiger partial charge on any atom is -0.465 e. The Bertz CT molecular complexity index is 422. The fourth-order valence-electron chi connectivity index (χ4n) is 1.61. The minimum absolute atomic E-state index is 0.0133. The molecule has 0 aliphatic carbocycles. The van der Waals surface area contributed by atoms with Crippen molar-refractivity contribution in [1.29, 1.82) is 0 Å². The van der Waals surface area contributed by atoms with E-state index in [9.17, 15) is 9.00 Å². The van der Waals surface area contributed by atoms with Crippen molar-refractivity contribution in [1.82, 2.24) is 5.32 Å². The van der Waals surface area contributed by atoms with Crippen LogP contribution in [0.15, 0.2) is 30.3 Å². The van der Waals surface area contributed by atoms with Gasteiger partial charge in [-0.3, -0.25) is 9.53 Å². The summed E-state index contributed by atoms with van der Waals surface area (Å²) in [6.07, 6.45) is 1.66. The second kappa shape index (κ2) is 8.07. The number of ether oxygens (including phenoxy) is 1. The predicted octanol–water partition coefficient (Wildman–Crippen LogP) is 1.65. The number of benzene rings is 1. The van der Waals surface area contributed by atoms with Gasteiger partial charge in [-0.2, -0.15) is 0 Å². The Morgan fingerprint density at radius 2 is 2.00 bits per heavy atom. The number of carbonyl (C=O) groups excluding carboxylic acids is 1. The highest BCUT2D eigenvalue weighted by Crippen LogP contribution is 2.14. The number of hydrogen-bond donors (Lipinski definition) is 1. The monoisotopic (exact) mass is 283 g/mol. The summed E-state index contributed by atoms with van der Waals surface area (Å²) in [5, 5.41) is 3.12. The molecule has 4 nitrogen and oxygen atoms in total. The lowest BCUT2D eigenvalue weighted by atomic mass is 10.1. The van der Waals surface area contributed by atoms with Crippen molar-refractivity contribution in [3.05, 3.63) is 35.9 Å². The molecule has 0 aliphatic heterocycles. The summed E-state index contributed by atoms with van der Waals surface area (Å²) in [5.74, 6) is -0.303. The van der Waals surface area contributed by atoms with E-state index in [2.05, 4.69) is 5.32 Å². The number of rotatable bonds is 7. The average Bonchev–Trinajstić information content (AvgIpc) is 2.40. The normalized spacial score (nSPS) is 15.5. The minimum atomic E-state index is -0.915. The standard InChI is InChI=1S/C14H21NO3S/c1-4-18-14(16)13(12-8-6-5-7-9-12)15-10-11(2)19(3)17/h5-9,11,13,15H,4,10H2,1-3H3. The molecular formula is C14H21NO3S. The lowest BCUT2D eigenvalue weighted by molar-refractivity contribution is -0.145. The van der Waals surface area contributed by atoms with Crippen LogP contribution in [0.4, 0.5) is 0 Å². The molecule has 0 aliphatic rings. The first-order valence-corrected chi connectivity index (χ1v) is 7.95. The topological polar surface area (TPSA) is 55.4 Å². The Morgan fingerprint density at radius 3 is 2.53 bits per heavy atom. The van der Waals surface area contributed by atoms with Crippen LogP contribution in [-0.2, 0) is 20.3 Å². The first kappa shape index (κ1) is 15.9. The highest BCUT2D eigenvalue weighted by atomic mass is 32.2. The average molecular weight is 283 g/mol. The molecule has 1 rings (SSSR count). The lowest BCUT2D eigenvalue weighted by Gasteiger charge is -2.19. The zero-order valence-electron chi connectivity index (χ0n) is 11.6. The van der Waals surface area contributed by atoms with Crippen LogP contribution in [0.5, 0.6) is 0 Å². The highest BCUT2D eigenvalue weighted by molar-refractivity contribution is 7.84. The van der Waals surface area contributed by atoms with Crippen LogP contribution in [0.2, 0.25) is 0 Å². The smallest absolute Gasteiger partial charge is 0.327 e. The van der Waals surface area contributed by atoms with Crippen molar-refractivity contribution in [2.24, 2.45) is 0 Å². The number of hydrogen-bond acceptors (Lipinski definition) is 4. The number of carbonyl (C=O) groups is 1. The Hall–Kier alpha value is -1.20. The molecule has 0 saturated heterocycles. The predicted molar refractivity (Wildman–Crippen MR) is 77.3 cm³/mol. The Labute approximate surface area is 117 Å². The van der Waals surface area contributed by atoms with Crippen molar-refractivity contribution in [2.75, 3.05) is 19.4 Å². The van der Waals surface area contributed by atoms with E-state index in [4.69, 9.17) is 4.74 Å². The van der Waals surface area contributed by atoms with Crippen LogP contribution < -0.4 is 5.32 Å². The van der Waals surface area contributed by atoms with E-state index < -0.39 is 16.8 Å². The number of nitrogens with one attached hydrogen (secondary N) is 1. The van der Waals surface area contributed by atoms with Crippen LogP contribution in [-0.4, -0.2) is 34.8 Å². The van der Waals surface area contributed by atoms with Gasteiger partial charge < -0.3 is 4.74 Å². The molecular weight excluding hydrogens is 262 g/mol. The van der Waals surface area contributed by atoms with Crippen LogP contribution in [0.1, 0.15) is 25.5 Å². The molecule has 1 aromatic carbocycles. The maximum Gasteiger partial charge on any atom is 0.327 e. The molecule has 0 saturated carbocycles. The SMILES string of the molecule is CCOC(=O)C(NCC(C)S(C)=O)c1ccccc1. The quantitative estimate of drug-likeness (QED) is 0.773. The molecule has 5 heteroatoms. The molecule has 106 valence electrons. The van der Waals surface area contributed by atoms with Crippen LogP contribution in [0, 0.1) is 0 Å². The van der Waals surface area contributed by atoms with Gasteiger partial charge in [-0.05, 0) is 19.4 Å². The summed E-state index contributed by atoms with van der Waals surface area (Å²) < 4.78 is 16.4. The molecule has 0 amide bonds. The summed E-state index contributed by atoms with van der Waals surface area (Å²) in [4.78, 5) is 12.0. The van der Waals surface area contributed by atoms with Crippen LogP contribution >= 0.6 is 0 Å². The van der Waals surface area contributed by atoms with Gasteiger partial charge in [-0.15, -0.1) is 0 Å². The Kier molecular flexibility index (Phi) is 6.73. The third-order valence-electron chi connectivity index (χ3n) is 2.83. The van der Waals surface area contributed by atoms with Crippen molar-refractivity contribution in [3.8, 4) is 0 Å². The van der Waals surface area contributed by atoms with Crippen molar-refractivity contribution in [2.45, 2.75) is 25.1 Å². The van der Waals surface area contributed by atoms with E-state index >= 15 is 0 Å². The summed E-state index contributed by atoms with van der Waals surface area (Å²) in [7, 11) is -0.915. The summed E-state index contributed by atoms with van der Waals surface area (Å²) >= 11 is 0. The number of esters is 1. The zero-order valence-corrected chi connectivity index (χ0v) is 12.4.